The molecule has 0 saturated carbocycles. The van der Waals surface area contributed by atoms with E-state index < -0.39 is 0 Å². The molecule has 0 bridgehead atoms. The number of carbonyl (C=O) groups excluding carboxylic acids is 1. The van der Waals surface area contributed by atoms with Crippen molar-refractivity contribution < 1.29 is 13.9 Å². The molecule has 3 aromatic rings. The first kappa shape index (κ1) is 20.4. The largest absolute Gasteiger partial charge is 0.411 e. The first-order valence-electron chi connectivity index (χ1n) is 9.14. The van der Waals surface area contributed by atoms with Gasteiger partial charge in [-0.3, -0.25) is 4.79 Å². The lowest BCUT2D eigenvalue weighted by molar-refractivity contribution is 0.102. The van der Waals surface area contributed by atoms with Gasteiger partial charge in [-0.05, 0) is 45.9 Å². The number of hydrogen-bond donors (Lipinski definition) is 0. The topological polar surface area (TPSA) is 70.2 Å². The number of carbonyl (C=O) groups is 1. The van der Waals surface area contributed by atoms with Crippen LogP contribution < -0.4 is 0 Å². The lowest BCUT2D eigenvalue weighted by atomic mass is 10.1. The normalized spacial score (nSPS) is 12.3. The molecule has 0 aliphatic heterocycles. The van der Waals surface area contributed by atoms with Crippen molar-refractivity contribution in [3.63, 3.8) is 0 Å². The van der Waals surface area contributed by atoms with Crippen LogP contribution in [-0.4, -0.2) is 40.0 Å². The van der Waals surface area contributed by atoms with Gasteiger partial charge in [-0.1, -0.05) is 29.5 Å². The van der Waals surface area contributed by atoms with Crippen LogP contribution in [-0.2, 0) is 4.74 Å². The number of thioether (sulfide) groups is 1. The van der Waals surface area contributed by atoms with Gasteiger partial charge >= 0.3 is 0 Å². The maximum Gasteiger partial charge on any atom is 0.277 e. The highest BCUT2D eigenvalue weighted by Gasteiger charge is 2.20. The van der Waals surface area contributed by atoms with Gasteiger partial charge in [0.1, 0.15) is 0 Å². The van der Waals surface area contributed by atoms with Gasteiger partial charge in [0.2, 0.25) is 5.89 Å². The van der Waals surface area contributed by atoms with Crippen molar-refractivity contribution in [2.24, 2.45) is 0 Å². The van der Waals surface area contributed by atoms with E-state index in [1.807, 2.05) is 51.1 Å². The molecular formula is C21H25N3O3S. The van der Waals surface area contributed by atoms with Gasteiger partial charge in [-0.15, -0.1) is 10.2 Å². The van der Waals surface area contributed by atoms with Crippen molar-refractivity contribution in [1.29, 1.82) is 0 Å². The number of benzene rings is 1. The standard InChI is InChI=1S/C21H25N3O3S/c1-13-6-8-17(9-7-13)20-22-23-21(27-20)28-12-19(25)18-10-14(2)24(16(18)4)15(3)11-26-5/h6-10,15H,11-12H2,1-5H3. The van der Waals surface area contributed by atoms with Gasteiger partial charge in [-0.25, -0.2) is 0 Å². The molecule has 6 nitrogen and oxygen atoms in total. The molecule has 0 fully saturated rings. The zero-order valence-electron chi connectivity index (χ0n) is 16.9. The summed E-state index contributed by atoms with van der Waals surface area (Å²) < 4.78 is 13.1. The van der Waals surface area contributed by atoms with E-state index in [4.69, 9.17) is 9.15 Å². The molecule has 0 amide bonds. The molecule has 0 N–H and O–H groups in total. The quantitative estimate of drug-likeness (QED) is 0.406. The number of Topliss-reactive ketones (excluding diaryl/α,β-unsaturated/α-hetero) is 1. The summed E-state index contributed by atoms with van der Waals surface area (Å²) in [6.45, 7) is 8.69. The molecule has 28 heavy (non-hydrogen) atoms. The van der Waals surface area contributed by atoms with Gasteiger partial charge in [0.25, 0.3) is 5.22 Å². The first-order chi connectivity index (χ1) is 13.4. The van der Waals surface area contributed by atoms with E-state index in [1.54, 1.807) is 7.11 Å². The van der Waals surface area contributed by atoms with Crippen molar-refractivity contribution in [2.45, 2.75) is 39.0 Å². The fraction of sp³-hybridized carbons (Fsp3) is 0.381. The Morgan fingerprint density at radius 2 is 1.93 bits per heavy atom. The van der Waals surface area contributed by atoms with Crippen LogP contribution in [0.1, 0.15) is 40.3 Å². The molecule has 0 aliphatic carbocycles. The molecule has 0 spiro atoms. The Hall–Kier alpha value is -2.38. The summed E-state index contributed by atoms with van der Waals surface area (Å²) in [4.78, 5) is 12.7. The molecule has 1 atom stereocenters. The third-order valence-corrected chi connectivity index (χ3v) is 5.48. The Morgan fingerprint density at radius 1 is 1.21 bits per heavy atom. The van der Waals surface area contributed by atoms with Crippen LogP contribution in [0.15, 0.2) is 40.0 Å². The van der Waals surface area contributed by atoms with Crippen LogP contribution in [0, 0.1) is 20.8 Å². The fourth-order valence-electron chi connectivity index (χ4n) is 3.34. The maximum atomic E-state index is 12.7. The van der Waals surface area contributed by atoms with E-state index in [0.29, 0.717) is 17.7 Å². The predicted molar refractivity (Wildman–Crippen MR) is 110 cm³/mol. The van der Waals surface area contributed by atoms with E-state index in [-0.39, 0.29) is 17.6 Å². The highest BCUT2D eigenvalue weighted by Crippen LogP contribution is 2.26. The average Bonchev–Trinajstić information content (AvgIpc) is 3.25. The summed E-state index contributed by atoms with van der Waals surface area (Å²) in [6.07, 6.45) is 0. The van der Waals surface area contributed by atoms with Gasteiger partial charge in [0.05, 0.1) is 18.4 Å². The van der Waals surface area contributed by atoms with Crippen LogP contribution >= 0.6 is 11.8 Å². The Bertz CT molecular complexity index is 960. The van der Waals surface area contributed by atoms with E-state index in [9.17, 15) is 4.79 Å². The van der Waals surface area contributed by atoms with Crippen LogP contribution in [0.3, 0.4) is 0 Å². The number of nitrogens with zero attached hydrogens (tertiary/aromatic N) is 3. The molecule has 0 aliphatic rings. The second-order valence-corrected chi connectivity index (χ2v) is 7.84. The van der Waals surface area contributed by atoms with Crippen LogP contribution in [0.4, 0.5) is 0 Å². The van der Waals surface area contributed by atoms with Crippen molar-refractivity contribution in [2.75, 3.05) is 19.5 Å². The third kappa shape index (κ3) is 4.36. The molecule has 0 saturated heterocycles. The van der Waals surface area contributed by atoms with E-state index in [0.717, 1.165) is 22.5 Å². The zero-order chi connectivity index (χ0) is 20.3. The van der Waals surface area contributed by atoms with Gasteiger partial charge in [0, 0.05) is 29.6 Å². The zero-order valence-corrected chi connectivity index (χ0v) is 17.7. The highest BCUT2D eigenvalue weighted by atomic mass is 32.2. The number of ether oxygens (including phenoxy) is 1. The second-order valence-electron chi connectivity index (χ2n) is 6.91. The van der Waals surface area contributed by atoms with Gasteiger partial charge in [-0.2, -0.15) is 0 Å². The van der Waals surface area contributed by atoms with Gasteiger partial charge in [0.15, 0.2) is 5.78 Å². The molecule has 1 unspecified atom stereocenters. The molecule has 7 heteroatoms. The lowest BCUT2D eigenvalue weighted by Gasteiger charge is -2.17. The maximum absolute atomic E-state index is 12.7. The second kappa shape index (κ2) is 8.75. The number of aromatic nitrogens is 3. The van der Waals surface area contributed by atoms with Crippen molar-refractivity contribution in [3.05, 3.63) is 52.8 Å². The summed E-state index contributed by atoms with van der Waals surface area (Å²) in [6, 6.07) is 9.99. The summed E-state index contributed by atoms with van der Waals surface area (Å²) in [5.74, 6) is 0.754. The third-order valence-electron chi connectivity index (χ3n) is 4.67. The first-order valence-corrected chi connectivity index (χ1v) is 10.1. The molecule has 3 rings (SSSR count). The monoisotopic (exact) mass is 399 g/mol. The van der Waals surface area contributed by atoms with E-state index in [1.165, 1.54) is 17.3 Å². The highest BCUT2D eigenvalue weighted by molar-refractivity contribution is 7.99. The molecule has 0 radical (unpaired) electrons. The molecular weight excluding hydrogens is 374 g/mol. The molecule has 2 heterocycles. The van der Waals surface area contributed by atoms with Crippen molar-refractivity contribution in [3.8, 4) is 11.5 Å². The Morgan fingerprint density at radius 3 is 2.61 bits per heavy atom. The van der Waals surface area contributed by atoms with E-state index in [2.05, 4.69) is 21.7 Å². The summed E-state index contributed by atoms with van der Waals surface area (Å²) in [5.41, 5.74) is 4.77. The minimum Gasteiger partial charge on any atom is -0.411 e. The predicted octanol–water partition coefficient (Wildman–Crippen LogP) is 4.65. The number of rotatable bonds is 8. The number of aryl methyl sites for hydroxylation is 2. The summed E-state index contributed by atoms with van der Waals surface area (Å²) in [5, 5.41) is 8.52. The molecule has 148 valence electrons. The molecule has 1 aromatic carbocycles. The Kier molecular flexibility index (Phi) is 6.36. The van der Waals surface area contributed by atoms with Crippen molar-refractivity contribution in [1.82, 2.24) is 14.8 Å². The average molecular weight is 400 g/mol. The SMILES string of the molecule is COCC(C)n1c(C)cc(C(=O)CSc2nnc(-c3ccc(C)cc3)o2)c1C. The van der Waals surface area contributed by atoms with Crippen LogP contribution in [0.2, 0.25) is 0 Å². The minimum absolute atomic E-state index is 0.0454. The minimum atomic E-state index is 0.0454. The molecule has 2 aromatic heterocycles. The van der Waals surface area contributed by atoms with Gasteiger partial charge < -0.3 is 13.7 Å². The van der Waals surface area contributed by atoms with Crippen LogP contribution in [0.25, 0.3) is 11.5 Å². The van der Waals surface area contributed by atoms with E-state index >= 15 is 0 Å². The summed E-state index contributed by atoms with van der Waals surface area (Å²) >= 11 is 1.26. The number of hydrogen-bond acceptors (Lipinski definition) is 6. The number of methoxy groups -OCH3 is 1. The summed E-state index contributed by atoms with van der Waals surface area (Å²) in [7, 11) is 1.68. The Labute approximate surface area is 169 Å². The smallest absolute Gasteiger partial charge is 0.277 e. The van der Waals surface area contributed by atoms with Crippen molar-refractivity contribution >= 4 is 17.5 Å². The number of ketones is 1. The lowest BCUT2D eigenvalue weighted by Crippen LogP contribution is -2.14. The Balaban J connectivity index is 1.68. The fourth-order valence-corrected chi connectivity index (χ4v) is 3.99. The van der Waals surface area contributed by atoms with Crippen LogP contribution in [0.5, 0.6) is 0 Å².